The number of carbonyl (C=O) groups excluding carboxylic acids is 1. The van der Waals surface area contributed by atoms with Crippen molar-refractivity contribution in [2.75, 3.05) is 0 Å². The summed E-state index contributed by atoms with van der Waals surface area (Å²) in [5.41, 5.74) is 0. The topological polar surface area (TPSA) is 40.9 Å². The lowest BCUT2D eigenvalue weighted by Crippen LogP contribution is -2.07. The van der Waals surface area contributed by atoms with Crippen LogP contribution in [-0.4, -0.2) is 5.78 Å². The number of carbonyl (C=O) groups is 1. The smallest absolute Gasteiger partial charge is 0.175 e. The molecule has 0 spiro atoms. The van der Waals surface area contributed by atoms with E-state index in [4.69, 9.17) is 5.26 Å². The lowest BCUT2D eigenvalue weighted by atomic mass is 10.0. The Kier molecular flexibility index (Phi) is 3.21. The van der Waals surface area contributed by atoms with Crippen LogP contribution in [0.3, 0.4) is 0 Å². The average molecular weight is 193 g/mol. The molecular formula is C10H11NOS. The molecule has 1 aromatic rings. The van der Waals surface area contributed by atoms with Gasteiger partial charge < -0.3 is 0 Å². The Bertz CT molecular complexity index is 348. The molecule has 1 heterocycles. The number of hydrogen-bond donors (Lipinski definition) is 0. The second-order valence-electron chi connectivity index (χ2n) is 2.95. The van der Waals surface area contributed by atoms with Crippen molar-refractivity contribution < 1.29 is 4.79 Å². The van der Waals surface area contributed by atoms with Crippen molar-refractivity contribution in [3.63, 3.8) is 0 Å². The zero-order valence-corrected chi connectivity index (χ0v) is 8.52. The highest BCUT2D eigenvalue weighted by atomic mass is 32.1. The molecule has 0 N–H and O–H groups in total. The maximum absolute atomic E-state index is 11.6. The summed E-state index contributed by atoms with van der Waals surface area (Å²) in [5.74, 6) is 0.208. The van der Waals surface area contributed by atoms with Gasteiger partial charge in [0, 0.05) is 5.92 Å². The third-order valence-electron chi connectivity index (χ3n) is 2.02. The van der Waals surface area contributed by atoms with Crippen molar-refractivity contribution in [2.24, 2.45) is 5.92 Å². The number of nitrogens with zero attached hydrogens (tertiary/aromatic N) is 1. The minimum absolute atomic E-state index is 0.0604. The summed E-state index contributed by atoms with van der Waals surface area (Å²) in [6, 6.07) is 5.45. The SMILES string of the molecule is CCC(C)C(=O)c1ccc(C#N)s1. The third kappa shape index (κ3) is 2.16. The van der Waals surface area contributed by atoms with Crippen molar-refractivity contribution in [3.05, 3.63) is 21.9 Å². The van der Waals surface area contributed by atoms with Gasteiger partial charge in [0.05, 0.1) is 4.88 Å². The number of Topliss-reactive ketones (excluding diaryl/α,β-unsaturated/α-hetero) is 1. The molecular weight excluding hydrogens is 182 g/mol. The molecule has 0 aliphatic heterocycles. The van der Waals surface area contributed by atoms with Crippen LogP contribution in [0.1, 0.15) is 34.8 Å². The highest BCUT2D eigenvalue weighted by molar-refractivity contribution is 7.14. The molecule has 1 atom stereocenters. The van der Waals surface area contributed by atoms with E-state index in [0.29, 0.717) is 9.75 Å². The Morgan fingerprint density at radius 2 is 2.38 bits per heavy atom. The Balaban J connectivity index is 2.84. The predicted molar refractivity (Wildman–Crippen MR) is 52.8 cm³/mol. The van der Waals surface area contributed by atoms with Gasteiger partial charge in [-0.05, 0) is 18.6 Å². The lowest BCUT2D eigenvalue weighted by Gasteiger charge is -2.03. The molecule has 0 saturated heterocycles. The standard InChI is InChI=1S/C10H11NOS/c1-3-7(2)10(12)9-5-4-8(6-11)13-9/h4-5,7H,3H2,1-2H3. The van der Waals surface area contributed by atoms with Gasteiger partial charge >= 0.3 is 0 Å². The highest BCUT2D eigenvalue weighted by Crippen LogP contribution is 2.20. The molecule has 0 saturated carbocycles. The molecule has 0 aliphatic carbocycles. The lowest BCUT2D eigenvalue weighted by molar-refractivity contribution is 0.0931. The van der Waals surface area contributed by atoms with E-state index in [1.807, 2.05) is 19.9 Å². The molecule has 1 unspecified atom stereocenters. The fourth-order valence-electron chi connectivity index (χ4n) is 0.959. The Morgan fingerprint density at radius 3 is 2.85 bits per heavy atom. The molecule has 0 bridgehead atoms. The number of rotatable bonds is 3. The highest BCUT2D eigenvalue weighted by Gasteiger charge is 2.14. The minimum atomic E-state index is 0.0604. The summed E-state index contributed by atoms with van der Waals surface area (Å²) in [4.78, 5) is 12.9. The summed E-state index contributed by atoms with van der Waals surface area (Å²) >= 11 is 1.27. The first-order valence-corrected chi connectivity index (χ1v) is 5.04. The number of hydrogen-bond acceptors (Lipinski definition) is 3. The van der Waals surface area contributed by atoms with E-state index in [1.54, 1.807) is 12.1 Å². The third-order valence-corrected chi connectivity index (χ3v) is 3.02. The summed E-state index contributed by atoms with van der Waals surface area (Å²) in [6.07, 6.45) is 0.846. The molecule has 0 amide bonds. The van der Waals surface area contributed by atoms with Gasteiger partial charge in [-0.2, -0.15) is 5.26 Å². The molecule has 0 aromatic carbocycles. The molecule has 1 aromatic heterocycles. The summed E-state index contributed by atoms with van der Waals surface area (Å²) in [6.45, 7) is 3.90. The van der Waals surface area contributed by atoms with E-state index in [1.165, 1.54) is 11.3 Å². The van der Waals surface area contributed by atoms with E-state index in [2.05, 4.69) is 0 Å². The maximum Gasteiger partial charge on any atom is 0.175 e. The summed E-state index contributed by atoms with van der Waals surface area (Å²) < 4.78 is 0. The van der Waals surface area contributed by atoms with Gasteiger partial charge in [0.1, 0.15) is 10.9 Å². The molecule has 0 fully saturated rings. The van der Waals surface area contributed by atoms with Crippen LogP contribution >= 0.6 is 11.3 Å². The monoisotopic (exact) mass is 193 g/mol. The molecule has 68 valence electrons. The van der Waals surface area contributed by atoms with Crippen LogP contribution in [0.2, 0.25) is 0 Å². The van der Waals surface area contributed by atoms with Crippen LogP contribution < -0.4 is 0 Å². The number of nitriles is 1. The van der Waals surface area contributed by atoms with Crippen LogP contribution in [0.15, 0.2) is 12.1 Å². The Labute approximate surface area is 81.8 Å². The fourth-order valence-corrected chi connectivity index (χ4v) is 1.82. The molecule has 13 heavy (non-hydrogen) atoms. The van der Waals surface area contributed by atoms with Crippen molar-refractivity contribution >= 4 is 17.1 Å². The van der Waals surface area contributed by atoms with Crippen LogP contribution in [0.4, 0.5) is 0 Å². The second kappa shape index (κ2) is 4.20. The first-order chi connectivity index (χ1) is 6.19. The van der Waals surface area contributed by atoms with Crippen molar-refractivity contribution in [1.29, 1.82) is 5.26 Å². The van der Waals surface area contributed by atoms with Crippen LogP contribution in [0.5, 0.6) is 0 Å². The number of ketones is 1. The normalized spacial score (nSPS) is 12.1. The zero-order chi connectivity index (χ0) is 9.84. The molecule has 2 nitrogen and oxygen atoms in total. The van der Waals surface area contributed by atoms with Gasteiger partial charge in [-0.3, -0.25) is 4.79 Å². The van der Waals surface area contributed by atoms with Crippen LogP contribution in [-0.2, 0) is 0 Å². The van der Waals surface area contributed by atoms with Crippen molar-refractivity contribution in [2.45, 2.75) is 20.3 Å². The zero-order valence-electron chi connectivity index (χ0n) is 7.70. The van der Waals surface area contributed by atoms with E-state index in [-0.39, 0.29) is 11.7 Å². The predicted octanol–water partition coefficient (Wildman–Crippen LogP) is 2.85. The Morgan fingerprint density at radius 1 is 1.69 bits per heavy atom. The Hall–Kier alpha value is -1.14. The maximum atomic E-state index is 11.6. The quantitative estimate of drug-likeness (QED) is 0.692. The van der Waals surface area contributed by atoms with E-state index in [9.17, 15) is 4.79 Å². The molecule has 0 aliphatic rings. The minimum Gasteiger partial charge on any atom is -0.293 e. The van der Waals surface area contributed by atoms with Crippen molar-refractivity contribution in [3.8, 4) is 6.07 Å². The van der Waals surface area contributed by atoms with Gasteiger partial charge in [-0.15, -0.1) is 11.3 Å². The molecule has 3 heteroatoms. The van der Waals surface area contributed by atoms with Gasteiger partial charge in [-0.25, -0.2) is 0 Å². The van der Waals surface area contributed by atoms with Crippen molar-refractivity contribution in [1.82, 2.24) is 0 Å². The van der Waals surface area contributed by atoms with Gasteiger partial charge in [0.2, 0.25) is 0 Å². The van der Waals surface area contributed by atoms with E-state index < -0.39 is 0 Å². The number of thiophene rings is 1. The van der Waals surface area contributed by atoms with E-state index in [0.717, 1.165) is 6.42 Å². The van der Waals surface area contributed by atoms with E-state index >= 15 is 0 Å². The van der Waals surface area contributed by atoms with Gasteiger partial charge in [0.25, 0.3) is 0 Å². The fraction of sp³-hybridized carbons (Fsp3) is 0.400. The molecule has 1 rings (SSSR count). The van der Waals surface area contributed by atoms with Crippen LogP contribution in [0, 0.1) is 17.2 Å². The largest absolute Gasteiger partial charge is 0.293 e. The first-order valence-electron chi connectivity index (χ1n) is 4.23. The molecule has 0 radical (unpaired) electrons. The van der Waals surface area contributed by atoms with Crippen LogP contribution in [0.25, 0.3) is 0 Å². The first kappa shape index (κ1) is 9.94. The summed E-state index contributed by atoms with van der Waals surface area (Å²) in [5, 5.41) is 8.58. The van der Waals surface area contributed by atoms with Gasteiger partial charge in [-0.1, -0.05) is 13.8 Å². The summed E-state index contributed by atoms with van der Waals surface area (Å²) in [7, 11) is 0. The average Bonchev–Trinajstić information content (AvgIpc) is 2.63. The van der Waals surface area contributed by atoms with Gasteiger partial charge in [0.15, 0.2) is 5.78 Å². The second-order valence-corrected chi connectivity index (χ2v) is 4.03.